The van der Waals surface area contributed by atoms with E-state index in [9.17, 15) is 4.39 Å². The molecule has 0 saturated heterocycles. The average molecular weight is 225 g/mol. The van der Waals surface area contributed by atoms with E-state index >= 15 is 0 Å². The molecule has 1 N–H and O–H groups in total. The molecule has 16 heavy (non-hydrogen) atoms. The van der Waals surface area contributed by atoms with Gasteiger partial charge in [-0.2, -0.15) is 0 Å². The first-order chi connectivity index (χ1) is 7.49. The third-order valence-corrected chi connectivity index (χ3v) is 2.28. The van der Waals surface area contributed by atoms with Gasteiger partial charge in [0.2, 0.25) is 0 Å². The maximum atomic E-state index is 13.0. The van der Waals surface area contributed by atoms with Crippen LogP contribution in [-0.2, 0) is 0 Å². The predicted octanol–water partition coefficient (Wildman–Crippen LogP) is 2.90. The molecule has 3 heteroatoms. The summed E-state index contributed by atoms with van der Waals surface area (Å²) in [4.78, 5) is 0. The largest absolute Gasteiger partial charge is 0.489 e. The zero-order chi connectivity index (χ0) is 12.1. The van der Waals surface area contributed by atoms with E-state index in [-0.39, 0.29) is 11.9 Å². The molecule has 0 aliphatic heterocycles. The van der Waals surface area contributed by atoms with Crippen molar-refractivity contribution in [3.05, 3.63) is 29.6 Å². The van der Waals surface area contributed by atoms with Gasteiger partial charge in [0.05, 0.1) is 0 Å². The summed E-state index contributed by atoms with van der Waals surface area (Å²) in [5.74, 6) is 0.525. The van der Waals surface area contributed by atoms with Crippen molar-refractivity contribution in [1.29, 1.82) is 0 Å². The topological polar surface area (TPSA) is 21.3 Å². The van der Waals surface area contributed by atoms with Crippen LogP contribution >= 0.6 is 0 Å². The van der Waals surface area contributed by atoms with Crippen LogP contribution in [0.5, 0.6) is 5.75 Å². The van der Waals surface area contributed by atoms with Crippen LogP contribution in [0.25, 0.3) is 0 Å². The lowest BCUT2D eigenvalue weighted by molar-refractivity contribution is 0.213. The van der Waals surface area contributed by atoms with Gasteiger partial charge in [0.1, 0.15) is 17.7 Å². The molecule has 0 saturated carbocycles. The number of hydrogen-bond donors (Lipinski definition) is 1. The molecule has 1 rings (SSSR count). The summed E-state index contributed by atoms with van der Waals surface area (Å²) < 4.78 is 18.7. The summed E-state index contributed by atoms with van der Waals surface area (Å²) in [6.45, 7) is 8.70. The van der Waals surface area contributed by atoms with Gasteiger partial charge in [-0.3, -0.25) is 0 Å². The van der Waals surface area contributed by atoms with Crippen LogP contribution in [-0.4, -0.2) is 18.7 Å². The van der Waals surface area contributed by atoms with Crippen molar-refractivity contribution in [1.82, 2.24) is 5.32 Å². The molecule has 90 valence electrons. The Balaban J connectivity index is 2.49. The van der Waals surface area contributed by atoms with Gasteiger partial charge in [-0.05, 0) is 37.6 Å². The van der Waals surface area contributed by atoms with E-state index in [4.69, 9.17) is 4.74 Å². The van der Waals surface area contributed by atoms with Gasteiger partial charge in [0.15, 0.2) is 0 Å². The smallest absolute Gasteiger partial charge is 0.126 e. The summed E-state index contributed by atoms with van der Waals surface area (Å²) in [6.07, 6.45) is 0.0762. The Bertz CT molecular complexity index is 339. The summed E-state index contributed by atoms with van der Waals surface area (Å²) >= 11 is 0. The number of rotatable bonds is 5. The molecule has 1 unspecified atom stereocenters. The number of halogens is 1. The second-order valence-corrected chi connectivity index (χ2v) is 4.40. The van der Waals surface area contributed by atoms with Crippen molar-refractivity contribution in [3.63, 3.8) is 0 Å². The van der Waals surface area contributed by atoms with E-state index in [0.29, 0.717) is 11.6 Å². The molecule has 2 nitrogen and oxygen atoms in total. The molecule has 1 aromatic rings. The number of benzene rings is 1. The Morgan fingerprint density at radius 1 is 1.31 bits per heavy atom. The highest BCUT2D eigenvalue weighted by Gasteiger charge is 2.06. The van der Waals surface area contributed by atoms with Gasteiger partial charge in [-0.1, -0.05) is 13.8 Å². The van der Waals surface area contributed by atoms with Gasteiger partial charge in [-0.15, -0.1) is 0 Å². The highest BCUT2D eigenvalue weighted by atomic mass is 19.1. The molecule has 0 spiro atoms. The number of aryl methyl sites for hydroxylation is 1. The maximum Gasteiger partial charge on any atom is 0.126 e. The van der Waals surface area contributed by atoms with Crippen LogP contribution in [0.2, 0.25) is 0 Å². The summed E-state index contributed by atoms with van der Waals surface area (Å²) in [6, 6.07) is 5.27. The number of ether oxygens (including phenoxy) is 1. The van der Waals surface area contributed by atoms with E-state index in [0.717, 1.165) is 12.3 Å². The average Bonchev–Trinajstić information content (AvgIpc) is 2.21. The van der Waals surface area contributed by atoms with Crippen LogP contribution in [0.4, 0.5) is 4.39 Å². The quantitative estimate of drug-likeness (QED) is 0.832. The first kappa shape index (κ1) is 13.0. The number of nitrogens with one attached hydrogen (secondary N) is 1. The number of hydrogen-bond acceptors (Lipinski definition) is 2. The molecule has 0 heterocycles. The monoisotopic (exact) mass is 225 g/mol. The van der Waals surface area contributed by atoms with Crippen LogP contribution < -0.4 is 10.1 Å². The normalized spacial score (nSPS) is 12.9. The highest BCUT2D eigenvalue weighted by Crippen LogP contribution is 2.17. The van der Waals surface area contributed by atoms with E-state index in [2.05, 4.69) is 19.2 Å². The SMILES string of the molecule is Cc1cc(OC(C)CNC(C)C)ccc1F. The van der Waals surface area contributed by atoms with Crippen molar-refractivity contribution < 1.29 is 9.13 Å². The Hall–Kier alpha value is -1.09. The van der Waals surface area contributed by atoms with Gasteiger partial charge in [-0.25, -0.2) is 4.39 Å². The molecule has 0 aliphatic carbocycles. The first-order valence-corrected chi connectivity index (χ1v) is 5.65. The van der Waals surface area contributed by atoms with Crippen molar-refractivity contribution >= 4 is 0 Å². The summed E-state index contributed by atoms with van der Waals surface area (Å²) in [7, 11) is 0. The minimum atomic E-state index is -0.194. The Morgan fingerprint density at radius 3 is 2.56 bits per heavy atom. The van der Waals surface area contributed by atoms with E-state index < -0.39 is 0 Å². The van der Waals surface area contributed by atoms with E-state index in [1.165, 1.54) is 6.07 Å². The van der Waals surface area contributed by atoms with E-state index in [1.807, 2.05) is 6.92 Å². The Kier molecular flexibility index (Phi) is 4.74. The van der Waals surface area contributed by atoms with Crippen LogP contribution in [0.1, 0.15) is 26.3 Å². The molecular formula is C13H20FNO. The molecule has 1 aromatic carbocycles. The Labute approximate surface area is 96.8 Å². The third kappa shape index (κ3) is 4.19. The molecule has 0 aromatic heterocycles. The summed E-state index contributed by atoms with van der Waals surface area (Å²) in [5, 5.41) is 3.29. The lowest BCUT2D eigenvalue weighted by Crippen LogP contribution is -2.33. The molecule has 0 bridgehead atoms. The minimum Gasteiger partial charge on any atom is -0.489 e. The van der Waals surface area contributed by atoms with Gasteiger partial charge in [0, 0.05) is 12.6 Å². The molecule has 1 atom stereocenters. The molecule has 0 amide bonds. The predicted molar refractivity (Wildman–Crippen MR) is 64.4 cm³/mol. The van der Waals surface area contributed by atoms with E-state index in [1.54, 1.807) is 19.1 Å². The highest BCUT2D eigenvalue weighted by molar-refractivity contribution is 5.28. The lowest BCUT2D eigenvalue weighted by atomic mass is 10.2. The fourth-order valence-electron chi connectivity index (χ4n) is 1.37. The Morgan fingerprint density at radius 2 is 2.00 bits per heavy atom. The standard InChI is InChI=1S/C13H20FNO/c1-9(2)15-8-11(4)16-12-5-6-13(14)10(3)7-12/h5-7,9,11,15H,8H2,1-4H3. The summed E-state index contributed by atoms with van der Waals surface area (Å²) in [5.41, 5.74) is 0.613. The zero-order valence-electron chi connectivity index (χ0n) is 10.4. The van der Waals surface area contributed by atoms with Crippen molar-refractivity contribution in [2.45, 2.75) is 39.8 Å². The van der Waals surface area contributed by atoms with Crippen LogP contribution in [0, 0.1) is 12.7 Å². The fraction of sp³-hybridized carbons (Fsp3) is 0.538. The van der Waals surface area contributed by atoms with Gasteiger partial charge in [0.25, 0.3) is 0 Å². The fourth-order valence-corrected chi connectivity index (χ4v) is 1.37. The van der Waals surface area contributed by atoms with Crippen LogP contribution in [0.3, 0.4) is 0 Å². The first-order valence-electron chi connectivity index (χ1n) is 5.65. The minimum absolute atomic E-state index is 0.0762. The van der Waals surface area contributed by atoms with Crippen LogP contribution in [0.15, 0.2) is 18.2 Å². The molecule has 0 aliphatic rings. The van der Waals surface area contributed by atoms with Gasteiger partial charge >= 0.3 is 0 Å². The van der Waals surface area contributed by atoms with Crippen molar-refractivity contribution in [3.8, 4) is 5.75 Å². The zero-order valence-corrected chi connectivity index (χ0v) is 10.4. The van der Waals surface area contributed by atoms with Gasteiger partial charge < -0.3 is 10.1 Å². The third-order valence-electron chi connectivity index (χ3n) is 2.28. The second-order valence-electron chi connectivity index (χ2n) is 4.40. The molecule has 0 radical (unpaired) electrons. The van der Waals surface area contributed by atoms with Crippen molar-refractivity contribution in [2.24, 2.45) is 0 Å². The van der Waals surface area contributed by atoms with Crippen molar-refractivity contribution in [2.75, 3.05) is 6.54 Å². The maximum absolute atomic E-state index is 13.0. The lowest BCUT2D eigenvalue weighted by Gasteiger charge is -2.17. The second kappa shape index (κ2) is 5.85. The molecular weight excluding hydrogens is 205 g/mol. The molecule has 0 fully saturated rings.